The van der Waals surface area contributed by atoms with E-state index in [0.717, 1.165) is 18.0 Å². The van der Waals surface area contributed by atoms with E-state index in [1.54, 1.807) is 0 Å². The van der Waals surface area contributed by atoms with Gasteiger partial charge in [0.15, 0.2) is 0 Å². The van der Waals surface area contributed by atoms with Gasteiger partial charge >= 0.3 is 0 Å². The van der Waals surface area contributed by atoms with Gasteiger partial charge in [-0.05, 0) is 37.3 Å². The van der Waals surface area contributed by atoms with Gasteiger partial charge in [0.2, 0.25) is 0 Å². The van der Waals surface area contributed by atoms with Gasteiger partial charge in [0.05, 0.1) is 11.6 Å². The third kappa shape index (κ3) is 1.83. The summed E-state index contributed by atoms with van der Waals surface area (Å²) < 4.78 is 2.30. The largest absolute Gasteiger partial charge is 0.370 e. The quantitative estimate of drug-likeness (QED) is 0.835. The predicted molar refractivity (Wildman–Crippen MR) is 78.5 cm³/mol. The number of rotatable bonds is 1. The monoisotopic (exact) mass is 255 g/mol. The van der Waals surface area contributed by atoms with Crippen LogP contribution in [0.2, 0.25) is 0 Å². The summed E-state index contributed by atoms with van der Waals surface area (Å²) >= 11 is 0. The molecule has 3 heteroatoms. The number of fused-ring (bicyclic) bond motifs is 3. The molecule has 1 aromatic carbocycles. The summed E-state index contributed by atoms with van der Waals surface area (Å²) in [6.45, 7) is 1.09. The number of hydrogen-bond acceptors (Lipinski definition) is 2. The fourth-order valence-corrected chi connectivity index (χ4v) is 3.88. The molecule has 1 fully saturated rings. The highest BCUT2D eigenvalue weighted by molar-refractivity contribution is 5.90. The number of hydrogen-bond donors (Lipinski definition) is 1. The van der Waals surface area contributed by atoms with Crippen molar-refractivity contribution in [3.63, 3.8) is 0 Å². The van der Waals surface area contributed by atoms with Crippen LogP contribution in [0.15, 0.2) is 24.3 Å². The lowest BCUT2D eigenvalue weighted by molar-refractivity contribution is 0.223. The standard InChI is InChI=1S/C16H21N3/c1-2-6-12(7-3-1)15-10-11-17-16-13-8-4-5-9-14(13)18-19(15)16/h4-5,8-9,12,15,17H,1-3,6-7,10-11H2. The molecule has 2 heterocycles. The molecular formula is C16H21N3. The Morgan fingerprint density at radius 2 is 1.89 bits per heavy atom. The molecule has 1 aromatic heterocycles. The van der Waals surface area contributed by atoms with Gasteiger partial charge in [0, 0.05) is 11.9 Å². The van der Waals surface area contributed by atoms with Crippen LogP contribution in [0.4, 0.5) is 5.82 Å². The van der Waals surface area contributed by atoms with Crippen molar-refractivity contribution in [2.75, 3.05) is 11.9 Å². The molecule has 100 valence electrons. The zero-order valence-corrected chi connectivity index (χ0v) is 11.3. The number of anilines is 1. The first-order valence-electron chi connectivity index (χ1n) is 7.64. The van der Waals surface area contributed by atoms with E-state index in [2.05, 4.69) is 34.3 Å². The Morgan fingerprint density at radius 3 is 2.79 bits per heavy atom. The molecule has 0 spiro atoms. The molecule has 19 heavy (non-hydrogen) atoms. The lowest BCUT2D eigenvalue weighted by atomic mass is 9.82. The van der Waals surface area contributed by atoms with Crippen molar-refractivity contribution < 1.29 is 0 Å². The van der Waals surface area contributed by atoms with Crippen molar-refractivity contribution in [1.82, 2.24) is 9.78 Å². The smallest absolute Gasteiger partial charge is 0.132 e. The summed E-state index contributed by atoms with van der Waals surface area (Å²) in [5.74, 6) is 2.08. The molecule has 0 bridgehead atoms. The molecular weight excluding hydrogens is 234 g/mol. The molecule has 0 radical (unpaired) electrons. The van der Waals surface area contributed by atoms with Crippen LogP contribution in [0.1, 0.15) is 44.6 Å². The summed E-state index contributed by atoms with van der Waals surface area (Å²) in [4.78, 5) is 0. The van der Waals surface area contributed by atoms with Gasteiger partial charge in [-0.25, -0.2) is 4.68 Å². The molecule has 1 aliphatic heterocycles. The van der Waals surface area contributed by atoms with Gasteiger partial charge in [0.25, 0.3) is 0 Å². The van der Waals surface area contributed by atoms with Crippen molar-refractivity contribution in [2.45, 2.75) is 44.6 Å². The van der Waals surface area contributed by atoms with E-state index >= 15 is 0 Å². The van der Waals surface area contributed by atoms with Crippen LogP contribution in [0, 0.1) is 5.92 Å². The van der Waals surface area contributed by atoms with Gasteiger partial charge in [0.1, 0.15) is 5.82 Å². The van der Waals surface area contributed by atoms with E-state index in [0.29, 0.717) is 6.04 Å². The molecule has 2 aliphatic rings. The summed E-state index contributed by atoms with van der Waals surface area (Å²) in [6, 6.07) is 9.11. The van der Waals surface area contributed by atoms with Crippen LogP contribution in [-0.4, -0.2) is 16.3 Å². The Balaban J connectivity index is 1.77. The molecule has 1 saturated carbocycles. The second-order valence-corrected chi connectivity index (χ2v) is 5.99. The minimum atomic E-state index is 0.615. The lowest BCUT2D eigenvalue weighted by Crippen LogP contribution is -2.30. The number of benzene rings is 1. The molecule has 4 rings (SSSR count). The SMILES string of the molecule is c1ccc2c3n(nc2c1)C(C1CCCCC1)CCN3. The minimum Gasteiger partial charge on any atom is -0.370 e. The molecule has 1 N–H and O–H groups in total. The Labute approximate surface area is 114 Å². The summed E-state index contributed by atoms with van der Waals surface area (Å²) in [6.07, 6.45) is 8.25. The van der Waals surface area contributed by atoms with E-state index < -0.39 is 0 Å². The van der Waals surface area contributed by atoms with Gasteiger partial charge in [-0.1, -0.05) is 31.4 Å². The third-order valence-electron chi connectivity index (χ3n) is 4.84. The highest BCUT2D eigenvalue weighted by atomic mass is 15.4. The van der Waals surface area contributed by atoms with E-state index in [9.17, 15) is 0 Å². The van der Waals surface area contributed by atoms with Crippen LogP contribution < -0.4 is 5.32 Å². The summed E-state index contributed by atoms with van der Waals surface area (Å²) in [5, 5.41) is 9.70. The van der Waals surface area contributed by atoms with Crippen LogP contribution in [0.3, 0.4) is 0 Å². The second kappa shape index (κ2) is 4.55. The average molecular weight is 255 g/mol. The zero-order chi connectivity index (χ0) is 12.7. The molecule has 1 unspecified atom stereocenters. The Kier molecular flexibility index (Phi) is 2.71. The van der Waals surface area contributed by atoms with Gasteiger partial charge in [-0.2, -0.15) is 5.10 Å². The fourth-order valence-electron chi connectivity index (χ4n) is 3.88. The van der Waals surface area contributed by atoms with Crippen LogP contribution in [-0.2, 0) is 0 Å². The van der Waals surface area contributed by atoms with Crippen molar-refractivity contribution in [3.8, 4) is 0 Å². The third-order valence-corrected chi connectivity index (χ3v) is 4.84. The van der Waals surface area contributed by atoms with Crippen LogP contribution in [0.5, 0.6) is 0 Å². The van der Waals surface area contributed by atoms with Crippen LogP contribution in [0.25, 0.3) is 10.9 Å². The van der Waals surface area contributed by atoms with E-state index in [1.165, 1.54) is 49.7 Å². The first-order chi connectivity index (χ1) is 9.43. The van der Waals surface area contributed by atoms with Gasteiger partial charge in [-0.3, -0.25) is 0 Å². The highest BCUT2D eigenvalue weighted by Gasteiger charge is 2.30. The highest BCUT2D eigenvalue weighted by Crippen LogP contribution is 2.40. The molecule has 1 aliphatic carbocycles. The Bertz CT molecular complexity index is 581. The number of aromatic nitrogens is 2. The predicted octanol–water partition coefficient (Wildman–Crippen LogP) is 3.97. The maximum Gasteiger partial charge on any atom is 0.132 e. The van der Waals surface area contributed by atoms with Crippen molar-refractivity contribution in [1.29, 1.82) is 0 Å². The maximum absolute atomic E-state index is 4.86. The Morgan fingerprint density at radius 1 is 1.05 bits per heavy atom. The van der Waals surface area contributed by atoms with Crippen molar-refractivity contribution in [2.24, 2.45) is 5.92 Å². The molecule has 0 amide bonds. The summed E-state index contributed by atoms with van der Waals surface area (Å²) in [5.41, 5.74) is 1.13. The fraction of sp³-hybridized carbons (Fsp3) is 0.562. The van der Waals surface area contributed by atoms with Crippen molar-refractivity contribution >= 4 is 16.7 Å². The first kappa shape index (κ1) is 11.3. The molecule has 3 nitrogen and oxygen atoms in total. The van der Waals surface area contributed by atoms with Crippen LogP contribution >= 0.6 is 0 Å². The zero-order valence-electron chi connectivity index (χ0n) is 11.3. The number of nitrogens with one attached hydrogen (secondary N) is 1. The lowest BCUT2D eigenvalue weighted by Gasteiger charge is -2.34. The maximum atomic E-state index is 4.86. The molecule has 0 saturated heterocycles. The molecule has 1 atom stereocenters. The topological polar surface area (TPSA) is 29.9 Å². The van der Waals surface area contributed by atoms with E-state index in [1.807, 2.05) is 0 Å². The minimum absolute atomic E-state index is 0.615. The second-order valence-electron chi connectivity index (χ2n) is 5.99. The van der Waals surface area contributed by atoms with Crippen molar-refractivity contribution in [3.05, 3.63) is 24.3 Å². The molecule has 2 aromatic rings. The normalized spacial score (nSPS) is 24.1. The average Bonchev–Trinajstić information content (AvgIpc) is 2.87. The van der Waals surface area contributed by atoms with Gasteiger partial charge < -0.3 is 5.32 Å². The van der Waals surface area contributed by atoms with E-state index in [-0.39, 0.29) is 0 Å². The van der Waals surface area contributed by atoms with Gasteiger partial charge in [-0.15, -0.1) is 0 Å². The first-order valence-corrected chi connectivity index (χ1v) is 7.64. The summed E-state index contributed by atoms with van der Waals surface area (Å²) in [7, 11) is 0. The number of nitrogens with zero attached hydrogens (tertiary/aromatic N) is 2. The van der Waals surface area contributed by atoms with E-state index in [4.69, 9.17) is 5.10 Å². The Hall–Kier alpha value is -1.51.